The van der Waals surface area contributed by atoms with Gasteiger partial charge in [0.25, 0.3) is 5.91 Å². The number of pyridine rings is 1. The van der Waals surface area contributed by atoms with Gasteiger partial charge in [0.2, 0.25) is 0 Å². The van der Waals surface area contributed by atoms with Crippen molar-refractivity contribution in [1.29, 1.82) is 0 Å². The van der Waals surface area contributed by atoms with Gasteiger partial charge in [0.15, 0.2) is 11.5 Å². The number of hydrogen-bond acceptors (Lipinski definition) is 3. The minimum atomic E-state index is -0.173. The van der Waals surface area contributed by atoms with Crippen molar-refractivity contribution >= 4 is 33.7 Å². The summed E-state index contributed by atoms with van der Waals surface area (Å²) in [6, 6.07) is 15.6. The number of anilines is 1. The standard InChI is InChI=1S/C20H18N4O/c1-12-5-4-6-14(9-12)20(25)22-18-16-11-15-10-13(2)7-8-17(15)21-19(16)24(3)23-18/h4-11H,1-3H3,(H,22,23,25). The SMILES string of the molecule is Cc1cccc(C(=O)Nc2nn(C)c3nc4ccc(C)cc4cc23)c1. The van der Waals surface area contributed by atoms with Crippen LogP contribution in [0.5, 0.6) is 0 Å². The minimum Gasteiger partial charge on any atom is -0.305 e. The Balaban J connectivity index is 1.80. The van der Waals surface area contributed by atoms with E-state index in [9.17, 15) is 4.79 Å². The Kier molecular flexibility index (Phi) is 3.50. The van der Waals surface area contributed by atoms with Crippen LogP contribution in [0.15, 0.2) is 48.5 Å². The molecule has 0 aliphatic heterocycles. The second-order valence-electron chi connectivity index (χ2n) is 6.35. The van der Waals surface area contributed by atoms with Crippen LogP contribution in [0, 0.1) is 13.8 Å². The normalized spacial score (nSPS) is 11.2. The lowest BCUT2D eigenvalue weighted by atomic mass is 10.1. The Hall–Kier alpha value is -3.21. The number of nitrogens with one attached hydrogen (secondary N) is 1. The van der Waals surface area contributed by atoms with Gasteiger partial charge in [-0.3, -0.25) is 4.79 Å². The number of fused-ring (bicyclic) bond motifs is 2. The molecular formula is C20H18N4O. The van der Waals surface area contributed by atoms with E-state index in [4.69, 9.17) is 0 Å². The molecule has 0 bridgehead atoms. The molecule has 2 aromatic heterocycles. The van der Waals surface area contributed by atoms with Crippen molar-refractivity contribution < 1.29 is 4.79 Å². The fourth-order valence-corrected chi connectivity index (χ4v) is 3.02. The summed E-state index contributed by atoms with van der Waals surface area (Å²) in [5, 5.41) is 9.23. The highest BCUT2D eigenvalue weighted by Crippen LogP contribution is 2.26. The third-order valence-corrected chi connectivity index (χ3v) is 4.27. The zero-order valence-electron chi connectivity index (χ0n) is 14.4. The molecule has 0 saturated carbocycles. The topological polar surface area (TPSA) is 59.8 Å². The lowest BCUT2D eigenvalue weighted by Crippen LogP contribution is -2.12. The summed E-state index contributed by atoms with van der Waals surface area (Å²) in [4.78, 5) is 17.2. The molecule has 1 amide bonds. The number of aromatic nitrogens is 3. The van der Waals surface area contributed by atoms with Crippen LogP contribution in [0.2, 0.25) is 0 Å². The molecule has 4 aromatic rings. The molecule has 0 spiro atoms. The first kappa shape index (κ1) is 15.3. The summed E-state index contributed by atoms with van der Waals surface area (Å²) in [5.74, 6) is 0.355. The summed E-state index contributed by atoms with van der Waals surface area (Å²) in [6.07, 6.45) is 0. The fraction of sp³-hybridized carbons (Fsp3) is 0.150. The zero-order chi connectivity index (χ0) is 17.6. The van der Waals surface area contributed by atoms with Gasteiger partial charge in [-0.2, -0.15) is 5.10 Å². The molecule has 0 atom stereocenters. The lowest BCUT2D eigenvalue weighted by molar-refractivity contribution is 0.102. The molecule has 0 saturated heterocycles. The summed E-state index contributed by atoms with van der Waals surface area (Å²) >= 11 is 0. The Labute approximate surface area is 145 Å². The van der Waals surface area contributed by atoms with Crippen molar-refractivity contribution in [1.82, 2.24) is 14.8 Å². The van der Waals surface area contributed by atoms with Crippen LogP contribution in [0.25, 0.3) is 21.9 Å². The number of hydrogen-bond donors (Lipinski definition) is 1. The van der Waals surface area contributed by atoms with Crippen molar-refractivity contribution in [2.75, 3.05) is 5.32 Å². The van der Waals surface area contributed by atoms with Crippen LogP contribution < -0.4 is 5.32 Å². The van der Waals surface area contributed by atoms with Crippen LogP contribution in [0.4, 0.5) is 5.82 Å². The van der Waals surface area contributed by atoms with Crippen molar-refractivity contribution in [3.8, 4) is 0 Å². The van der Waals surface area contributed by atoms with Crippen molar-refractivity contribution in [2.45, 2.75) is 13.8 Å². The van der Waals surface area contributed by atoms with E-state index in [-0.39, 0.29) is 5.91 Å². The van der Waals surface area contributed by atoms with Crippen LogP contribution in [-0.4, -0.2) is 20.7 Å². The van der Waals surface area contributed by atoms with Gasteiger partial charge in [-0.25, -0.2) is 9.67 Å². The van der Waals surface area contributed by atoms with E-state index in [2.05, 4.69) is 21.5 Å². The lowest BCUT2D eigenvalue weighted by Gasteiger charge is -2.04. The molecule has 2 aromatic carbocycles. The summed E-state index contributed by atoms with van der Waals surface area (Å²) < 4.78 is 1.69. The molecule has 1 N–H and O–H groups in total. The smallest absolute Gasteiger partial charge is 0.256 e. The minimum absolute atomic E-state index is 0.173. The maximum Gasteiger partial charge on any atom is 0.256 e. The molecule has 5 heteroatoms. The number of carbonyl (C=O) groups is 1. The van der Waals surface area contributed by atoms with Gasteiger partial charge in [0, 0.05) is 18.0 Å². The molecule has 2 heterocycles. The summed E-state index contributed by atoms with van der Waals surface area (Å²) in [6.45, 7) is 4.01. The predicted molar refractivity (Wildman–Crippen MR) is 99.9 cm³/mol. The van der Waals surface area contributed by atoms with Crippen molar-refractivity contribution in [2.24, 2.45) is 7.05 Å². The number of aryl methyl sites for hydroxylation is 3. The van der Waals surface area contributed by atoms with Gasteiger partial charge in [-0.1, -0.05) is 29.3 Å². The average molecular weight is 330 g/mol. The van der Waals surface area contributed by atoms with Crippen molar-refractivity contribution in [3.05, 3.63) is 65.2 Å². The predicted octanol–water partition coefficient (Wildman–Crippen LogP) is 3.99. The highest BCUT2D eigenvalue weighted by atomic mass is 16.1. The molecule has 5 nitrogen and oxygen atoms in total. The average Bonchev–Trinajstić information content (AvgIpc) is 2.88. The molecule has 0 fully saturated rings. The van der Waals surface area contributed by atoms with E-state index in [0.717, 1.165) is 27.5 Å². The van der Waals surface area contributed by atoms with Gasteiger partial charge in [0.1, 0.15) is 0 Å². The van der Waals surface area contributed by atoms with Gasteiger partial charge in [-0.15, -0.1) is 0 Å². The van der Waals surface area contributed by atoms with E-state index < -0.39 is 0 Å². The van der Waals surface area contributed by atoms with E-state index in [1.54, 1.807) is 10.7 Å². The van der Waals surface area contributed by atoms with E-state index in [1.165, 1.54) is 5.56 Å². The number of benzene rings is 2. The number of amides is 1. The summed E-state index contributed by atoms with van der Waals surface area (Å²) in [5.41, 5.74) is 4.49. The zero-order valence-corrected chi connectivity index (χ0v) is 14.4. The monoisotopic (exact) mass is 330 g/mol. The van der Waals surface area contributed by atoms with Gasteiger partial charge in [0.05, 0.1) is 10.9 Å². The Morgan fingerprint density at radius 3 is 2.64 bits per heavy atom. The third-order valence-electron chi connectivity index (χ3n) is 4.27. The Morgan fingerprint density at radius 1 is 1.04 bits per heavy atom. The molecule has 0 aliphatic carbocycles. The van der Waals surface area contributed by atoms with Crippen LogP contribution >= 0.6 is 0 Å². The Bertz CT molecular complexity index is 1130. The third kappa shape index (κ3) is 2.74. The molecule has 124 valence electrons. The van der Waals surface area contributed by atoms with Gasteiger partial charge in [-0.05, 0) is 44.2 Å². The first-order valence-corrected chi connectivity index (χ1v) is 8.13. The van der Waals surface area contributed by atoms with E-state index in [0.29, 0.717) is 11.4 Å². The summed E-state index contributed by atoms with van der Waals surface area (Å²) in [7, 11) is 1.83. The first-order valence-electron chi connectivity index (χ1n) is 8.13. The van der Waals surface area contributed by atoms with Crippen molar-refractivity contribution in [3.63, 3.8) is 0 Å². The number of carbonyl (C=O) groups excluding carboxylic acids is 1. The van der Waals surface area contributed by atoms with Crippen LogP contribution in [-0.2, 0) is 7.05 Å². The molecule has 0 aliphatic rings. The maximum atomic E-state index is 12.6. The molecule has 4 rings (SSSR count). The molecule has 25 heavy (non-hydrogen) atoms. The molecular weight excluding hydrogens is 312 g/mol. The van der Waals surface area contributed by atoms with E-state index in [1.807, 2.05) is 57.3 Å². The molecule has 0 radical (unpaired) electrons. The fourth-order valence-electron chi connectivity index (χ4n) is 3.02. The quantitative estimate of drug-likeness (QED) is 0.604. The number of rotatable bonds is 2. The first-order chi connectivity index (χ1) is 12.0. The molecule has 0 unspecified atom stereocenters. The highest BCUT2D eigenvalue weighted by molar-refractivity contribution is 6.08. The second kappa shape index (κ2) is 5.70. The Morgan fingerprint density at radius 2 is 1.84 bits per heavy atom. The van der Waals surface area contributed by atoms with E-state index >= 15 is 0 Å². The number of nitrogens with zero attached hydrogens (tertiary/aromatic N) is 3. The second-order valence-corrected chi connectivity index (χ2v) is 6.35. The van der Waals surface area contributed by atoms with Gasteiger partial charge < -0.3 is 5.32 Å². The maximum absolute atomic E-state index is 12.6. The van der Waals surface area contributed by atoms with Gasteiger partial charge >= 0.3 is 0 Å². The van der Waals surface area contributed by atoms with Crippen LogP contribution in [0.1, 0.15) is 21.5 Å². The van der Waals surface area contributed by atoms with Crippen LogP contribution in [0.3, 0.4) is 0 Å². The largest absolute Gasteiger partial charge is 0.305 e. The highest BCUT2D eigenvalue weighted by Gasteiger charge is 2.15.